The highest BCUT2D eigenvalue weighted by atomic mass is 32.1. The third-order valence-electron chi connectivity index (χ3n) is 6.08. The number of fused-ring (bicyclic) bond motifs is 2. The van der Waals surface area contributed by atoms with E-state index >= 15 is 0 Å². The second-order valence-electron chi connectivity index (χ2n) is 8.97. The quantitative estimate of drug-likeness (QED) is 0.809. The molecule has 1 aliphatic carbocycles. The van der Waals surface area contributed by atoms with Gasteiger partial charge in [-0.3, -0.25) is 14.5 Å². The summed E-state index contributed by atoms with van der Waals surface area (Å²) < 4.78 is 5.83. The lowest BCUT2D eigenvalue weighted by atomic mass is 9.72. The van der Waals surface area contributed by atoms with Gasteiger partial charge in [-0.1, -0.05) is 32.9 Å². The number of amides is 2. The molecule has 2 amide bonds. The maximum atomic E-state index is 13.5. The van der Waals surface area contributed by atoms with Crippen molar-refractivity contribution in [3.8, 4) is 5.75 Å². The minimum Gasteiger partial charge on any atom is -0.477 e. The Hall–Kier alpha value is -2.34. The summed E-state index contributed by atoms with van der Waals surface area (Å²) in [6, 6.07) is 9.49. The lowest BCUT2D eigenvalue weighted by Gasteiger charge is -2.33. The standard InChI is InChI=1S/C23H28N2O3S/c1-23(2,3)15-9-10-19-14(11-15)12-20(29-19)22(27)25-13-18(21(26)24-4)28-17-8-6-5-7-16(17)25/h5-8,12,15,18H,9-11,13H2,1-4H3,(H,24,26)/t15-,18+/m1/s1. The molecule has 2 aromatic rings. The molecule has 1 N–H and O–H groups in total. The SMILES string of the molecule is CNC(=O)[C@@H]1CN(C(=O)c2cc3c(s2)CC[C@@H](C(C)(C)C)C3)c2ccccc2O1. The fourth-order valence-corrected chi connectivity index (χ4v) is 5.38. The van der Waals surface area contributed by atoms with Crippen LogP contribution in [0.1, 0.15) is 47.3 Å². The fourth-order valence-electron chi connectivity index (χ4n) is 4.23. The number of para-hydroxylation sites is 2. The smallest absolute Gasteiger partial charge is 0.268 e. The summed E-state index contributed by atoms with van der Waals surface area (Å²) in [7, 11) is 1.58. The number of aryl methyl sites for hydroxylation is 1. The highest BCUT2D eigenvalue weighted by Crippen LogP contribution is 2.41. The number of rotatable bonds is 2. The Morgan fingerprint density at radius 3 is 2.72 bits per heavy atom. The largest absolute Gasteiger partial charge is 0.477 e. The summed E-state index contributed by atoms with van der Waals surface area (Å²) in [4.78, 5) is 29.4. The van der Waals surface area contributed by atoms with E-state index in [0.717, 1.165) is 23.4 Å². The Kier molecular flexibility index (Phi) is 5.15. The van der Waals surface area contributed by atoms with Crippen LogP contribution in [0.2, 0.25) is 0 Å². The zero-order valence-corrected chi connectivity index (χ0v) is 18.3. The molecule has 0 fully saturated rings. The highest BCUT2D eigenvalue weighted by molar-refractivity contribution is 7.14. The van der Waals surface area contributed by atoms with Crippen molar-refractivity contribution < 1.29 is 14.3 Å². The summed E-state index contributed by atoms with van der Waals surface area (Å²) in [5.74, 6) is 0.918. The molecule has 0 saturated heterocycles. The van der Waals surface area contributed by atoms with Gasteiger partial charge in [0.05, 0.1) is 17.1 Å². The summed E-state index contributed by atoms with van der Waals surface area (Å²) in [5, 5.41) is 2.62. The van der Waals surface area contributed by atoms with Crippen LogP contribution in [0.25, 0.3) is 0 Å². The highest BCUT2D eigenvalue weighted by Gasteiger charge is 2.36. The van der Waals surface area contributed by atoms with Gasteiger partial charge < -0.3 is 10.1 Å². The van der Waals surface area contributed by atoms with Crippen molar-refractivity contribution in [3.63, 3.8) is 0 Å². The minimum absolute atomic E-state index is 0.0543. The van der Waals surface area contributed by atoms with Crippen LogP contribution >= 0.6 is 11.3 Å². The topological polar surface area (TPSA) is 58.6 Å². The van der Waals surface area contributed by atoms with E-state index in [9.17, 15) is 9.59 Å². The van der Waals surface area contributed by atoms with Crippen molar-refractivity contribution in [2.45, 2.75) is 46.1 Å². The van der Waals surface area contributed by atoms with Crippen LogP contribution in [0.3, 0.4) is 0 Å². The maximum Gasteiger partial charge on any atom is 0.268 e. The zero-order valence-electron chi connectivity index (χ0n) is 17.5. The number of carbonyl (C=O) groups is 2. The van der Waals surface area contributed by atoms with E-state index in [1.807, 2.05) is 18.2 Å². The van der Waals surface area contributed by atoms with Crippen molar-refractivity contribution in [2.24, 2.45) is 11.3 Å². The van der Waals surface area contributed by atoms with E-state index in [2.05, 4.69) is 32.2 Å². The van der Waals surface area contributed by atoms with Crippen molar-refractivity contribution in [3.05, 3.63) is 45.6 Å². The van der Waals surface area contributed by atoms with Crippen LogP contribution < -0.4 is 15.0 Å². The molecule has 2 atom stereocenters. The third kappa shape index (κ3) is 3.78. The molecule has 2 heterocycles. The van der Waals surface area contributed by atoms with Gasteiger partial charge in [0.25, 0.3) is 11.8 Å². The third-order valence-corrected chi connectivity index (χ3v) is 7.30. The van der Waals surface area contributed by atoms with Gasteiger partial charge in [0.1, 0.15) is 5.75 Å². The van der Waals surface area contributed by atoms with Crippen LogP contribution in [0.5, 0.6) is 5.75 Å². The second-order valence-corrected chi connectivity index (χ2v) is 10.1. The lowest BCUT2D eigenvalue weighted by Crippen LogP contribution is -2.50. The molecular formula is C23H28N2O3S. The number of hydrogen-bond acceptors (Lipinski definition) is 4. The van der Waals surface area contributed by atoms with Gasteiger partial charge in [0.15, 0.2) is 6.10 Å². The molecule has 0 radical (unpaired) electrons. The number of thiophene rings is 1. The number of hydrogen-bond donors (Lipinski definition) is 1. The molecule has 6 heteroatoms. The van der Waals surface area contributed by atoms with Gasteiger partial charge in [0.2, 0.25) is 0 Å². The number of nitrogens with zero attached hydrogens (tertiary/aromatic N) is 1. The Labute approximate surface area is 176 Å². The molecule has 1 aromatic carbocycles. The van der Waals surface area contributed by atoms with E-state index in [0.29, 0.717) is 11.7 Å². The predicted molar refractivity (Wildman–Crippen MR) is 116 cm³/mol. The first-order chi connectivity index (χ1) is 13.8. The maximum absolute atomic E-state index is 13.5. The van der Waals surface area contributed by atoms with E-state index in [1.165, 1.54) is 16.9 Å². The van der Waals surface area contributed by atoms with Crippen molar-refractivity contribution in [1.82, 2.24) is 5.32 Å². The molecule has 5 nitrogen and oxygen atoms in total. The van der Waals surface area contributed by atoms with Crippen LogP contribution in [0.15, 0.2) is 30.3 Å². The van der Waals surface area contributed by atoms with Crippen molar-refractivity contribution >= 4 is 28.8 Å². The molecule has 2 aliphatic rings. The van der Waals surface area contributed by atoms with Gasteiger partial charge >= 0.3 is 0 Å². The van der Waals surface area contributed by atoms with Crippen LogP contribution in [-0.2, 0) is 17.6 Å². The second kappa shape index (κ2) is 7.48. The Bertz CT molecular complexity index is 944. The van der Waals surface area contributed by atoms with E-state index in [1.54, 1.807) is 29.4 Å². The fraction of sp³-hybridized carbons (Fsp3) is 0.478. The number of benzene rings is 1. The van der Waals surface area contributed by atoms with Gasteiger partial charge in [-0.05, 0) is 54.4 Å². The number of likely N-dealkylation sites (N-methyl/N-ethyl adjacent to an activating group) is 1. The zero-order chi connectivity index (χ0) is 20.8. The first kappa shape index (κ1) is 20.0. The number of nitrogens with one attached hydrogen (secondary N) is 1. The Morgan fingerprint density at radius 1 is 1.24 bits per heavy atom. The number of carbonyl (C=O) groups excluding carboxylic acids is 2. The molecule has 4 rings (SSSR count). The van der Waals surface area contributed by atoms with Gasteiger partial charge in [-0.15, -0.1) is 11.3 Å². The lowest BCUT2D eigenvalue weighted by molar-refractivity contribution is -0.127. The minimum atomic E-state index is -0.710. The monoisotopic (exact) mass is 412 g/mol. The average Bonchev–Trinajstić information content (AvgIpc) is 3.14. The number of ether oxygens (including phenoxy) is 1. The molecule has 0 spiro atoms. The summed E-state index contributed by atoms with van der Waals surface area (Å²) in [6.45, 7) is 7.10. The Morgan fingerprint density at radius 2 is 2.00 bits per heavy atom. The molecule has 0 bridgehead atoms. The van der Waals surface area contributed by atoms with Crippen LogP contribution in [0, 0.1) is 11.3 Å². The molecule has 1 aromatic heterocycles. The van der Waals surface area contributed by atoms with Crippen LogP contribution in [-0.4, -0.2) is 31.5 Å². The van der Waals surface area contributed by atoms with Gasteiger partial charge in [-0.2, -0.15) is 0 Å². The summed E-state index contributed by atoms with van der Waals surface area (Å²) in [6.07, 6.45) is 2.53. The molecule has 154 valence electrons. The van der Waals surface area contributed by atoms with E-state index < -0.39 is 6.10 Å². The number of anilines is 1. The van der Waals surface area contributed by atoms with Gasteiger partial charge in [-0.25, -0.2) is 0 Å². The molecule has 1 aliphatic heterocycles. The van der Waals surface area contributed by atoms with E-state index in [-0.39, 0.29) is 23.8 Å². The average molecular weight is 413 g/mol. The van der Waals surface area contributed by atoms with Crippen molar-refractivity contribution in [2.75, 3.05) is 18.5 Å². The molecule has 0 saturated carbocycles. The van der Waals surface area contributed by atoms with Crippen molar-refractivity contribution in [1.29, 1.82) is 0 Å². The molecule has 0 unspecified atom stereocenters. The van der Waals surface area contributed by atoms with Gasteiger partial charge in [0, 0.05) is 11.9 Å². The first-order valence-electron chi connectivity index (χ1n) is 10.2. The summed E-state index contributed by atoms with van der Waals surface area (Å²) >= 11 is 1.61. The normalized spacial score (nSPS) is 21.0. The Balaban J connectivity index is 1.63. The summed E-state index contributed by atoms with van der Waals surface area (Å²) in [5.41, 5.74) is 2.30. The molecule has 29 heavy (non-hydrogen) atoms. The first-order valence-corrected chi connectivity index (χ1v) is 11.0. The molecular weight excluding hydrogens is 384 g/mol. The van der Waals surface area contributed by atoms with Crippen LogP contribution in [0.4, 0.5) is 5.69 Å². The predicted octanol–water partition coefficient (Wildman–Crippen LogP) is 4.05. The van der Waals surface area contributed by atoms with E-state index in [4.69, 9.17) is 4.74 Å².